The van der Waals surface area contributed by atoms with Crippen molar-refractivity contribution in [1.82, 2.24) is 15.2 Å². The topological polar surface area (TPSA) is 132 Å². The van der Waals surface area contributed by atoms with Gasteiger partial charge in [-0.25, -0.2) is 4.98 Å². The standard InChI is InChI=1S/C29H25N5O5S/c1-17(34-36)18-8-11-20(12-9-18)30-27(35)16-40-29-33-32-28(39-29)22-15-24(31-23-7-5-4-6-21(22)23)19-10-13-25(37-2)26(14-19)38-3/h4-15,36H,16H2,1-3H3,(H,30,35)/b34-17-. The quantitative estimate of drug-likeness (QED) is 0.0987. The number of anilines is 1. The lowest BCUT2D eigenvalue weighted by atomic mass is 10.0. The Morgan fingerprint density at radius 1 is 1.00 bits per heavy atom. The molecule has 0 aliphatic heterocycles. The lowest BCUT2D eigenvalue weighted by Crippen LogP contribution is -2.14. The number of rotatable bonds is 9. The lowest BCUT2D eigenvalue weighted by Gasteiger charge is -2.11. The Morgan fingerprint density at radius 2 is 1.77 bits per heavy atom. The molecule has 40 heavy (non-hydrogen) atoms. The third-order valence-corrected chi connectivity index (χ3v) is 6.91. The number of amides is 1. The highest BCUT2D eigenvalue weighted by Crippen LogP contribution is 2.36. The predicted molar refractivity (Wildman–Crippen MR) is 153 cm³/mol. The van der Waals surface area contributed by atoms with Gasteiger partial charge in [0.2, 0.25) is 11.8 Å². The summed E-state index contributed by atoms with van der Waals surface area (Å²) in [6.45, 7) is 1.69. The van der Waals surface area contributed by atoms with E-state index in [1.807, 2.05) is 48.5 Å². The number of ether oxygens (including phenoxy) is 2. The Kier molecular flexibility index (Phi) is 7.92. The van der Waals surface area contributed by atoms with Gasteiger partial charge in [-0.3, -0.25) is 4.79 Å². The van der Waals surface area contributed by atoms with Crippen molar-refractivity contribution >= 4 is 40.0 Å². The first-order valence-corrected chi connectivity index (χ1v) is 13.2. The molecule has 5 rings (SSSR count). The van der Waals surface area contributed by atoms with Crippen molar-refractivity contribution in [2.75, 3.05) is 25.3 Å². The van der Waals surface area contributed by atoms with E-state index in [9.17, 15) is 4.79 Å². The third kappa shape index (κ3) is 5.74. The maximum Gasteiger partial charge on any atom is 0.277 e. The highest BCUT2D eigenvalue weighted by Gasteiger charge is 2.17. The molecule has 5 aromatic rings. The maximum atomic E-state index is 12.5. The molecular weight excluding hydrogens is 530 g/mol. The molecule has 10 nitrogen and oxygen atoms in total. The van der Waals surface area contributed by atoms with E-state index >= 15 is 0 Å². The number of benzene rings is 3. The molecule has 0 fully saturated rings. The van der Waals surface area contributed by atoms with Gasteiger partial charge in [-0.1, -0.05) is 47.2 Å². The summed E-state index contributed by atoms with van der Waals surface area (Å²) < 4.78 is 16.8. The first kappa shape index (κ1) is 26.7. The van der Waals surface area contributed by atoms with Crippen LogP contribution in [0.1, 0.15) is 12.5 Å². The summed E-state index contributed by atoms with van der Waals surface area (Å²) in [4.78, 5) is 17.3. The average Bonchev–Trinajstić information content (AvgIpc) is 3.48. The molecule has 11 heteroatoms. The number of nitrogens with zero attached hydrogens (tertiary/aromatic N) is 4. The molecule has 0 bridgehead atoms. The summed E-state index contributed by atoms with van der Waals surface area (Å²) in [6.07, 6.45) is 0. The van der Waals surface area contributed by atoms with Crippen molar-refractivity contribution in [3.63, 3.8) is 0 Å². The molecule has 2 N–H and O–H groups in total. The predicted octanol–water partition coefficient (Wildman–Crippen LogP) is 5.90. The van der Waals surface area contributed by atoms with E-state index in [4.69, 9.17) is 24.1 Å². The van der Waals surface area contributed by atoms with Crippen molar-refractivity contribution in [3.8, 4) is 34.2 Å². The first-order chi connectivity index (χ1) is 19.5. The van der Waals surface area contributed by atoms with Crippen LogP contribution in [-0.4, -0.2) is 52.0 Å². The molecule has 0 unspecified atom stereocenters. The van der Waals surface area contributed by atoms with Gasteiger partial charge in [0.05, 0.1) is 42.5 Å². The number of carbonyl (C=O) groups is 1. The number of hydrogen-bond acceptors (Lipinski definition) is 10. The maximum absolute atomic E-state index is 12.5. The number of fused-ring (bicyclic) bond motifs is 1. The van der Waals surface area contributed by atoms with E-state index in [1.54, 1.807) is 45.4 Å². The number of carbonyl (C=O) groups excluding carboxylic acids is 1. The molecule has 0 aliphatic rings. The van der Waals surface area contributed by atoms with E-state index in [1.165, 1.54) is 0 Å². The number of nitrogens with one attached hydrogen (secondary N) is 1. The summed E-state index contributed by atoms with van der Waals surface area (Å²) >= 11 is 1.14. The monoisotopic (exact) mass is 555 g/mol. The fraction of sp³-hybridized carbons (Fsp3) is 0.138. The largest absolute Gasteiger partial charge is 0.493 e. The van der Waals surface area contributed by atoms with Crippen molar-refractivity contribution in [2.24, 2.45) is 5.16 Å². The Bertz CT molecular complexity index is 1700. The number of para-hydroxylation sites is 1. The molecule has 1 amide bonds. The van der Waals surface area contributed by atoms with Gasteiger partial charge in [0.25, 0.3) is 5.22 Å². The van der Waals surface area contributed by atoms with E-state index < -0.39 is 0 Å². The van der Waals surface area contributed by atoms with Gasteiger partial charge in [-0.15, -0.1) is 10.2 Å². The van der Waals surface area contributed by atoms with Crippen LogP contribution in [0.2, 0.25) is 0 Å². The summed E-state index contributed by atoms with van der Waals surface area (Å²) in [5, 5.41) is 24.4. The fourth-order valence-electron chi connectivity index (χ4n) is 4.05. The van der Waals surface area contributed by atoms with Crippen molar-refractivity contribution < 1.29 is 23.9 Å². The second-order valence-corrected chi connectivity index (χ2v) is 9.54. The summed E-state index contributed by atoms with van der Waals surface area (Å²) in [5.74, 6) is 1.39. The molecule has 0 saturated carbocycles. The molecule has 0 saturated heterocycles. The highest BCUT2D eigenvalue weighted by molar-refractivity contribution is 7.99. The van der Waals surface area contributed by atoms with Crippen LogP contribution < -0.4 is 14.8 Å². The molecule has 0 atom stereocenters. The lowest BCUT2D eigenvalue weighted by molar-refractivity contribution is -0.113. The van der Waals surface area contributed by atoms with Gasteiger partial charge >= 0.3 is 0 Å². The van der Waals surface area contributed by atoms with Gasteiger partial charge in [0.1, 0.15) is 0 Å². The van der Waals surface area contributed by atoms with Gasteiger partial charge in [0.15, 0.2) is 11.5 Å². The Labute approximate surface area is 234 Å². The van der Waals surface area contributed by atoms with Crippen LogP contribution in [0.4, 0.5) is 5.69 Å². The zero-order valence-corrected chi connectivity index (χ0v) is 22.7. The van der Waals surface area contributed by atoms with Crippen molar-refractivity contribution in [2.45, 2.75) is 12.1 Å². The second-order valence-electron chi connectivity index (χ2n) is 8.61. The van der Waals surface area contributed by atoms with Crippen molar-refractivity contribution in [3.05, 3.63) is 78.4 Å². The molecule has 202 valence electrons. The molecule has 0 aliphatic carbocycles. The van der Waals surface area contributed by atoms with Crippen LogP contribution in [0.15, 0.2) is 87.6 Å². The fourth-order valence-corrected chi connectivity index (χ4v) is 4.61. The van der Waals surface area contributed by atoms with E-state index in [0.717, 1.165) is 39.4 Å². The normalized spacial score (nSPS) is 11.4. The number of hydrogen-bond donors (Lipinski definition) is 2. The third-order valence-electron chi connectivity index (χ3n) is 6.10. The number of oxime groups is 1. The van der Waals surface area contributed by atoms with Crippen molar-refractivity contribution in [1.29, 1.82) is 0 Å². The van der Waals surface area contributed by atoms with E-state index in [0.29, 0.717) is 34.5 Å². The minimum Gasteiger partial charge on any atom is -0.493 e. The number of thioether (sulfide) groups is 1. The highest BCUT2D eigenvalue weighted by atomic mass is 32.2. The zero-order chi connectivity index (χ0) is 28.1. The number of pyridine rings is 1. The molecule has 2 aromatic heterocycles. The minimum atomic E-state index is -0.227. The number of methoxy groups -OCH3 is 2. The van der Waals surface area contributed by atoms with Gasteiger partial charge < -0.3 is 24.4 Å². The summed E-state index contributed by atoms with van der Waals surface area (Å²) in [6, 6.07) is 22.2. The smallest absolute Gasteiger partial charge is 0.277 e. The van der Waals surface area contributed by atoms with Crippen LogP contribution in [-0.2, 0) is 4.79 Å². The van der Waals surface area contributed by atoms with Gasteiger partial charge in [-0.2, -0.15) is 0 Å². The number of aromatic nitrogens is 3. The molecule has 3 aromatic carbocycles. The first-order valence-electron chi connectivity index (χ1n) is 12.2. The van der Waals surface area contributed by atoms with Crippen LogP contribution in [0.5, 0.6) is 11.5 Å². The summed E-state index contributed by atoms with van der Waals surface area (Å²) in [5.41, 5.74) is 4.89. The molecule has 0 spiro atoms. The molecule has 2 heterocycles. The second kappa shape index (κ2) is 11.9. The van der Waals surface area contributed by atoms with E-state index in [-0.39, 0.29) is 16.9 Å². The van der Waals surface area contributed by atoms with Crippen LogP contribution in [0.25, 0.3) is 33.6 Å². The minimum absolute atomic E-state index is 0.0779. The van der Waals surface area contributed by atoms with Gasteiger partial charge in [-0.05, 0) is 55.0 Å². The Hall–Kier alpha value is -4.90. The van der Waals surface area contributed by atoms with E-state index in [2.05, 4.69) is 20.7 Å². The summed E-state index contributed by atoms with van der Waals surface area (Å²) in [7, 11) is 3.18. The molecule has 0 radical (unpaired) electrons. The van der Waals surface area contributed by atoms with Crippen LogP contribution >= 0.6 is 11.8 Å². The zero-order valence-electron chi connectivity index (χ0n) is 21.9. The van der Waals surface area contributed by atoms with Crippen LogP contribution in [0, 0.1) is 0 Å². The SMILES string of the molecule is COc1ccc(-c2cc(-c3nnc(SCC(=O)Nc4ccc(/C(C)=N\O)cc4)o3)c3ccccc3n2)cc1OC. The average molecular weight is 556 g/mol. The Balaban J connectivity index is 1.35. The Morgan fingerprint density at radius 3 is 2.52 bits per heavy atom. The molecular formula is C29H25N5O5S. The van der Waals surface area contributed by atoms with Gasteiger partial charge in [0, 0.05) is 16.6 Å². The van der Waals surface area contributed by atoms with Crippen LogP contribution in [0.3, 0.4) is 0 Å².